The predicted molar refractivity (Wildman–Crippen MR) is 67.6 cm³/mol. The van der Waals surface area contributed by atoms with E-state index in [4.69, 9.17) is 15.2 Å². The number of benzene rings is 1. The molecular formula is C13H18N2O3. The Morgan fingerprint density at radius 2 is 2.22 bits per heavy atom. The van der Waals surface area contributed by atoms with Crippen molar-refractivity contribution in [2.45, 2.75) is 18.9 Å². The second-order valence-corrected chi connectivity index (χ2v) is 4.28. The summed E-state index contributed by atoms with van der Waals surface area (Å²) in [7, 11) is 0. The van der Waals surface area contributed by atoms with Gasteiger partial charge in [0.25, 0.3) is 0 Å². The molecule has 5 heteroatoms. The molecule has 1 saturated heterocycles. The van der Waals surface area contributed by atoms with Crippen LogP contribution in [0.15, 0.2) is 24.3 Å². The minimum absolute atomic E-state index is 0.0639. The van der Waals surface area contributed by atoms with Crippen LogP contribution in [-0.2, 0) is 11.2 Å². The summed E-state index contributed by atoms with van der Waals surface area (Å²) in [6.45, 7) is 1.87. The predicted octanol–water partition coefficient (Wildman–Crippen LogP) is 1.07. The fraction of sp³-hybridized carbons (Fsp3) is 0.462. The Balaban J connectivity index is 1.82. The highest BCUT2D eigenvalue weighted by Crippen LogP contribution is 2.13. The molecule has 0 aromatic heterocycles. The number of rotatable bonds is 4. The monoisotopic (exact) mass is 250 g/mol. The van der Waals surface area contributed by atoms with Gasteiger partial charge in [0.2, 0.25) is 0 Å². The number of carbonyl (C=O) groups excluding carboxylic acids is 1. The third-order valence-electron chi connectivity index (χ3n) is 2.82. The van der Waals surface area contributed by atoms with Gasteiger partial charge in [0, 0.05) is 6.61 Å². The number of ether oxygens (including phenoxy) is 2. The number of hydrogen-bond acceptors (Lipinski definition) is 4. The van der Waals surface area contributed by atoms with Crippen molar-refractivity contribution in [3.63, 3.8) is 0 Å². The van der Waals surface area contributed by atoms with Crippen molar-refractivity contribution in [2.75, 3.05) is 19.8 Å². The van der Waals surface area contributed by atoms with Crippen molar-refractivity contribution in [2.24, 2.45) is 5.73 Å². The number of carbonyl (C=O) groups is 1. The van der Waals surface area contributed by atoms with E-state index in [1.54, 1.807) is 12.1 Å². The maximum absolute atomic E-state index is 11.6. The van der Waals surface area contributed by atoms with Crippen LogP contribution in [0.4, 0.5) is 4.79 Å². The molecule has 1 amide bonds. The van der Waals surface area contributed by atoms with E-state index in [-0.39, 0.29) is 6.04 Å². The molecule has 0 radical (unpaired) electrons. The first kappa shape index (κ1) is 12.9. The zero-order valence-electron chi connectivity index (χ0n) is 10.2. The van der Waals surface area contributed by atoms with Crippen LogP contribution in [0.5, 0.6) is 5.75 Å². The van der Waals surface area contributed by atoms with Gasteiger partial charge in [-0.15, -0.1) is 0 Å². The van der Waals surface area contributed by atoms with Crippen molar-refractivity contribution in [1.82, 2.24) is 5.32 Å². The van der Waals surface area contributed by atoms with Gasteiger partial charge in [-0.3, -0.25) is 0 Å². The van der Waals surface area contributed by atoms with Gasteiger partial charge in [-0.1, -0.05) is 12.1 Å². The minimum Gasteiger partial charge on any atom is -0.410 e. The summed E-state index contributed by atoms with van der Waals surface area (Å²) in [6.07, 6.45) is 1.23. The lowest BCUT2D eigenvalue weighted by molar-refractivity contribution is 0.178. The van der Waals surface area contributed by atoms with E-state index in [9.17, 15) is 4.79 Å². The molecule has 3 N–H and O–H groups in total. The Labute approximate surface area is 106 Å². The van der Waals surface area contributed by atoms with E-state index in [0.717, 1.165) is 18.4 Å². The first-order chi connectivity index (χ1) is 8.78. The molecule has 1 aliphatic heterocycles. The second-order valence-electron chi connectivity index (χ2n) is 4.28. The van der Waals surface area contributed by atoms with Crippen molar-refractivity contribution >= 4 is 6.09 Å². The lowest BCUT2D eigenvalue weighted by atomic mass is 10.1. The highest BCUT2D eigenvalue weighted by molar-refractivity contribution is 5.70. The smallest absolute Gasteiger partial charge is 0.410 e. The maximum atomic E-state index is 11.6. The molecule has 18 heavy (non-hydrogen) atoms. The summed E-state index contributed by atoms with van der Waals surface area (Å²) in [5.41, 5.74) is 6.60. The van der Waals surface area contributed by atoms with Crippen LogP contribution in [0, 0.1) is 0 Å². The molecule has 0 spiro atoms. The number of amides is 1. The van der Waals surface area contributed by atoms with Gasteiger partial charge < -0.3 is 20.5 Å². The van der Waals surface area contributed by atoms with Gasteiger partial charge in [0.05, 0.1) is 12.6 Å². The van der Waals surface area contributed by atoms with Crippen LogP contribution in [0.2, 0.25) is 0 Å². The third-order valence-corrected chi connectivity index (χ3v) is 2.82. The lowest BCUT2D eigenvalue weighted by Crippen LogP contribution is -2.37. The summed E-state index contributed by atoms with van der Waals surface area (Å²) in [5, 5.41) is 2.76. The first-order valence-electron chi connectivity index (χ1n) is 6.13. The van der Waals surface area contributed by atoms with Gasteiger partial charge in [-0.2, -0.15) is 0 Å². The van der Waals surface area contributed by atoms with Crippen LogP contribution in [0.1, 0.15) is 12.0 Å². The normalized spacial score (nSPS) is 18.6. The van der Waals surface area contributed by atoms with E-state index in [0.29, 0.717) is 25.5 Å². The molecule has 2 rings (SSSR count). The van der Waals surface area contributed by atoms with E-state index < -0.39 is 6.09 Å². The average molecular weight is 250 g/mol. The highest BCUT2D eigenvalue weighted by Gasteiger charge is 2.18. The summed E-state index contributed by atoms with van der Waals surface area (Å²) in [4.78, 5) is 11.6. The zero-order chi connectivity index (χ0) is 12.8. The summed E-state index contributed by atoms with van der Waals surface area (Å²) in [6, 6.07) is 7.43. The topological polar surface area (TPSA) is 73.6 Å². The molecule has 1 heterocycles. The first-order valence-corrected chi connectivity index (χ1v) is 6.13. The van der Waals surface area contributed by atoms with Gasteiger partial charge in [0.1, 0.15) is 5.75 Å². The molecule has 1 atom stereocenters. The standard InChI is InChI=1S/C13H18N2O3/c14-7-5-10-1-3-12(4-2-10)18-13(16)15-11-6-8-17-9-11/h1-4,11H,5-9,14H2,(H,15,16). The molecule has 1 aromatic rings. The summed E-state index contributed by atoms with van der Waals surface area (Å²) < 4.78 is 10.3. The lowest BCUT2D eigenvalue weighted by Gasteiger charge is -2.11. The molecule has 0 bridgehead atoms. The largest absolute Gasteiger partial charge is 0.412 e. The van der Waals surface area contributed by atoms with Gasteiger partial charge in [-0.25, -0.2) is 4.79 Å². The van der Waals surface area contributed by atoms with E-state index in [2.05, 4.69) is 5.32 Å². The zero-order valence-corrected chi connectivity index (χ0v) is 10.2. The fourth-order valence-electron chi connectivity index (χ4n) is 1.84. The fourth-order valence-corrected chi connectivity index (χ4v) is 1.84. The minimum atomic E-state index is -0.433. The second kappa shape index (κ2) is 6.37. The molecule has 1 aliphatic rings. The van der Waals surface area contributed by atoms with E-state index in [1.807, 2.05) is 12.1 Å². The Kier molecular flexibility index (Phi) is 4.55. The van der Waals surface area contributed by atoms with Crippen molar-refractivity contribution in [3.05, 3.63) is 29.8 Å². The van der Waals surface area contributed by atoms with Crippen molar-refractivity contribution < 1.29 is 14.3 Å². The molecule has 98 valence electrons. The molecular weight excluding hydrogens is 232 g/mol. The average Bonchev–Trinajstić information content (AvgIpc) is 2.84. The molecule has 1 aromatic carbocycles. The maximum Gasteiger partial charge on any atom is 0.412 e. The Bertz CT molecular complexity index is 386. The molecule has 1 unspecified atom stereocenters. The van der Waals surface area contributed by atoms with Crippen LogP contribution in [0.3, 0.4) is 0 Å². The number of nitrogens with one attached hydrogen (secondary N) is 1. The van der Waals surface area contributed by atoms with Crippen LogP contribution >= 0.6 is 0 Å². The van der Waals surface area contributed by atoms with Crippen LogP contribution in [0.25, 0.3) is 0 Å². The summed E-state index contributed by atoms with van der Waals surface area (Å²) in [5.74, 6) is 0.534. The Morgan fingerprint density at radius 3 is 2.83 bits per heavy atom. The number of nitrogens with two attached hydrogens (primary N) is 1. The van der Waals surface area contributed by atoms with Crippen molar-refractivity contribution in [3.8, 4) is 5.75 Å². The third kappa shape index (κ3) is 3.72. The van der Waals surface area contributed by atoms with E-state index in [1.165, 1.54) is 0 Å². The SMILES string of the molecule is NCCc1ccc(OC(=O)NC2CCOC2)cc1. The van der Waals surface area contributed by atoms with Crippen LogP contribution in [-0.4, -0.2) is 31.9 Å². The van der Waals surface area contributed by atoms with Gasteiger partial charge >= 0.3 is 6.09 Å². The van der Waals surface area contributed by atoms with Gasteiger partial charge in [0.15, 0.2) is 0 Å². The molecule has 5 nitrogen and oxygen atoms in total. The van der Waals surface area contributed by atoms with Crippen molar-refractivity contribution in [1.29, 1.82) is 0 Å². The van der Waals surface area contributed by atoms with Crippen LogP contribution < -0.4 is 15.8 Å². The Hall–Kier alpha value is -1.59. The van der Waals surface area contributed by atoms with Gasteiger partial charge in [-0.05, 0) is 37.1 Å². The Morgan fingerprint density at radius 1 is 1.44 bits per heavy atom. The molecule has 0 saturated carbocycles. The number of hydrogen-bond donors (Lipinski definition) is 2. The summed E-state index contributed by atoms with van der Waals surface area (Å²) >= 11 is 0. The van der Waals surface area contributed by atoms with E-state index >= 15 is 0 Å². The highest BCUT2D eigenvalue weighted by atomic mass is 16.6. The molecule has 1 fully saturated rings. The molecule has 0 aliphatic carbocycles. The quantitative estimate of drug-likeness (QED) is 0.838.